The van der Waals surface area contributed by atoms with Gasteiger partial charge in [-0.15, -0.1) is 0 Å². The first-order valence-electron chi connectivity index (χ1n) is 6.62. The molecule has 112 valence electrons. The quantitative estimate of drug-likeness (QED) is 0.888. The number of anilines is 1. The molecule has 0 amide bonds. The van der Waals surface area contributed by atoms with Crippen LogP contribution in [0.5, 0.6) is 0 Å². The Hall–Kier alpha value is -1.92. The van der Waals surface area contributed by atoms with Crippen LogP contribution in [0.25, 0.3) is 0 Å². The minimum absolute atomic E-state index is 0.290. The summed E-state index contributed by atoms with van der Waals surface area (Å²) < 4.78 is 27.6. The summed E-state index contributed by atoms with van der Waals surface area (Å²) in [5.41, 5.74) is 2.63. The highest BCUT2D eigenvalue weighted by Gasteiger charge is 2.19. The van der Waals surface area contributed by atoms with Gasteiger partial charge in [0.2, 0.25) is 0 Å². The van der Waals surface area contributed by atoms with Gasteiger partial charge in [0.1, 0.15) is 5.82 Å². The van der Waals surface area contributed by atoms with Crippen LogP contribution in [0.2, 0.25) is 0 Å². The fraction of sp³-hybridized carbons (Fsp3) is 0.267. The minimum Gasteiger partial charge on any atom is -0.316 e. The van der Waals surface area contributed by atoms with Crippen LogP contribution in [-0.4, -0.2) is 20.4 Å². The zero-order chi connectivity index (χ0) is 15.5. The Morgan fingerprint density at radius 3 is 2.57 bits per heavy atom. The van der Waals surface area contributed by atoms with Crippen molar-refractivity contribution in [2.75, 3.05) is 11.8 Å². The molecule has 0 fully saturated rings. The molecule has 1 aromatic carbocycles. The molecule has 21 heavy (non-hydrogen) atoms. The van der Waals surface area contributed by atoms with Crippen LogP contribution in [0, 0.1) is 13.8 Å². The molecule has 0 atom stereocenters. The van der Waals surface area contributed by atoms with Crippen LogP contribution in [0.3, 0.4) is 0 Å². The van der Waals surface area contributed by atoms with Crippen LogP contribution < -0.4 is 10.0 Å². The molecule has 1 heterocycles. The SMILES string of the molecule is CNCc1cc(C)c(C)c(S(=O)(=O)Nc2ccccn2)c1. The molecule has 5 nitrogen and oxygen atoms in total. The van der Waals surface area contributed by atoms with E-state index < -0.39 is 10.0 Å². The zero-order valence-corrected chi connectivity index (χ0v) is 13.2. The van der Waals surface area contributed by atoms with E-state index in [1.165, 1.54) is 0 Å². The number of aromatic nitrogens is 1. The number of hydrogen-bond acceptors (Lipinski definition) is 4. The Morgan fingerprint density at radius 2 is 1.95 bits per heavy atom. The van der Waals surface area contributed by atoms with Crippen LogP contribution in [0.15, 0.2) is 41.4 Å². The van der Waals surface area contributed by atoms with E-state index in [-0.39, 0.29) is 0 Å². The van der Waals surface area contributed by atoms with E-state index in [0.717, 1.165) is 16.7 Å². The lowest BCUT2D eigenvalue weighted by Gasteiger charge is -2.13. The molecule has 1 aromatic heterocycles. The van der Waals surface area contributed by atoms with E-state index in [2.05, 4.69) is 15.0 Å². The van der Waals surface area contributed by atoms with Gasteiger partial charge in [0.25, 0.3) is 10.0 Å². The fourth-order valence-corrected chi connectivity index (χ4v) is 3.48. The smallest absolute Gasteiger partial charge is 0.263 e. The molecular weight excluding hydrogens is 286 g/mol. The number of benzene rings is 1. The lowest BCUT2D eigenvalue weighted by molar-refractivity contribution is 0.600. The van der Waals surface area contributed by atoms with Crippen molar-refractivity contribution in [1.82, 2.24) is 10.3 Å². The number of sulfonamides is 1. The van der Waals surface area contributed by atoms with Crippen molar-refractivity contribution in [3.05, 3.63) is 53.2 Å². The number of pyridine rings is 1. The summed E-state index contributed by atoms with van der Waals surface area (Å²) in [4.78, 5) is 4.29. The third-order valence-electron chi connectivity index (χ3n) is 3.25. The van der Waals surface area contributed by atoms with Gasteiger partial charge >= 0.3 is 0 Å². The van der Waals surface area contributed by atoms with Crippen molar-refractivity contribution in [3.8, 4) is 0 Å². The van der Waals surface area contributed by atoms with E-state index in [9.17, 15) is 8.42 Å². The Morgan fingerprint density at radius 1 is 1.19 bits per heavy atom. The highest BCUT2D eigenvalue weighted by Crippen LogP contribution is 2.23. The predicted molar refractivity (Wildman–Crippen MR) is 83.7 cm³/mol. The number of rotatable bonds is 5. The molecule has 0 aliphatic rings. The predicted octanol–water partition coefficient (Wildman–Crippen LogP) is 2.22. The molecule has 6 heteroatoms. The lowest BCUT2D eigenvalue weighted by atomic mass is 10.1. The van der Waals surface area contributed by atoms with E-state index in [1.807, 2.05) is 27.0 Å². The Labute approximate surface area is 125 Å². The maximum atomic E-state index is 12.6. The molecule has 0 spiro atoms. The molecule has 0 saturated carbocycles. The van der Waals surface area contributed by atoms with Gasteiger partial charge in [-0.25, -0.2) is 13.4 Å². The highest BCUT2D eigenvalue weighted by molar-refractivity contribution is 7.92. The van der Waals surface area contributed by atoms with Crippen molar-refractivity contribution in [2.45, 2.75) is 25.3 Å². The Balaban J connectivity index is 2.44. The second-order valence-corrected chi connectivity index (χ2v) is 6.54. The lowest BCUT2D eigenvalue weighted by Crippen LogP contribution is -2.16. The van der Waals surface area contributed by atoms with Crippen LogP contribution >= 0.6 is 0 Å². The summed E-state index contributed by atoms with van der Waals surface area (Å²) in [6.07, 6.45) is 1.55. The maximum absolute atomic E-state index is 12.6. The first-order chi connectivity index (χ1) is 9.94. The van der Waals surface area contributed by atoms with Gasteiger partial charge < -0.3 is 5.32 Å². The van der Waals surface area contributed by atoms with Crippen molar-refractivity contribution >= 4 is 15.8 Å². The van der Waals surface area contributed by atoms with Crippen LogP contribution in [-0.2, 0) is 16.6 Å². The largest absolute Gasteiger partial charge is 0.316 e. The van der Waals surface area contributed by atoms with E-state index in [4.69, 9.17) is 0 Å². The molecule has 0 saturated heterocycles. The first-order valence-corrected chi connectivity index (χ1v) is 8.11. The van der Waals surface area contributed by atoms with E-state index in [1.54, 1.807) is 30.5 Å². The Kier molecular flexibility index (Phi) is 4.59. The third-order valence-corrected chi connectivity index (χ3v) is 4.73. The van der Waals surface area contributed by atoms with Crippen LogP contribution in [0.1, 0.15) is 16.7 Å². The number of aryl methyl sites for hydroxylation is 1. The molecule has 0 aliphatic carbocycles. The van der Waals surface area contributed by atoms with Gasteiger partial charge in [0.05, 0.1) is 4.90 Å². The number of nitrogens with zero attached hydrogens (tertiary/aromatic N) is 1. The van der Waals surface area contributed by atoms with E-state index in [0.29, 0.717) is 17.3 Å². The van der Waals surface area contributed by atoms with Crippen molar-refractivity contribution in [2.24, 2.45) is 0 Å². The summed E-state index contributed by atoms with van der Waals surface area (Å²) in [5.74, 6) is 0.313. The topological polar surface area (TPSA) is 71.1 Å². The van der Waals surface area contributed by atoms with E-state index >= 15 is 0 Å². The fourth-order valence-electron chi connectivity index (χ4n) is 2.10. The van der Waals surface area contributed by atoms with Crippen molar-refractivity contribution < 1.29 is 8.42 Å². The molecular formula is C15H19N3O2S. The van der Waals surface area contributed by atoms with Gasteiger partial charge in [-0.05, 0) is 55.8 Å². The molecule has 0 radical (unpaired) electrons. The molecule has 2 aromatic rings. The molecule has 0 aliphatic heterocycles. The average Bonchev–Trinajstić information content (AvgIpc) is 2.43. The van der Waals surface area contributed by atoms with Gasteiger partial charge in [-0.2, -0.15) is 0 Å². The zero-order valence-electron chi connectivity index (χ0n) is 12.3. The monoisotopic (exact) mass is 305 g/mol. The minimum atomic E-state index is -3.65. The second kappa shape index (κ2) is 6.24. The molecule has 0 bridgehead atoms. The third kappa shape index (κ3) is 3.59. The molecule has 2 rings (SSSR count). The normalized spacial score (nSPS) is 11.4. The summed E-state index contributed by atoms with van der Waals surface area (Å²) in [6, 6.07) is 8.79. The van der Waals surface area contributed by atoms with Crippen molar-refractivity contribution in [1.29, 1.82) is 0 Å². The average molecular weight is 305 g/mol. The molecule has 0 unspecified atom stereocenters. The Bertz CT molecular complexity index is 728. The standard InChI is InChI=1S/C15H19N3O2S/c1-11-8-13(10-16-3)9-14(12(11)2)21(19,20)18-15-6-4-5-7-17-15/h4-9,16H,10H2,1-3H3,(H,17,18). The summed E-state index contributed by atoms with van der Waals surface area (Å²) >= 11 is 0. The second-order valence-electron chi connectivity index (χ2n) is 4.89. The number of nitrogens with one attached hydrogen (secondary N) is 2. The highest BCUT2D eigenvalue weighted by atomic mass is 32.2. The van der Waals surface area contributed by atoms with Gasteiger partial charge in [-0.1, -0.05) is 12.1 Å². The number of hydrogen-bond donors (Lipinski definition) is 2. The van der Waals surface area contributed by atoms with Gasteiger partial charge in [0.15, 0.2) is 0 Å². The maximum Gasteiger partial charge on any atom is 0.263 e. The van der Waals surface area contributed by atoms with Gasteiger partial charge in [0, 0.05) is 12.7 Å². The van der Waals surface area contributed by atoms with Crippen LogP contribution in [0.4, 0.5) is 5.82 Å². The van der Waals surface area contributed by atoms with Gasteiger partial charge in [-0.3, -0.25) is 4.72 Å². The first kappa shape index (κ1) is 15.5. The summed E-state index contributed by atoms with van der Waals surface area (Å²) in [5, 5.41) is 3.03. The summed E-state index contributed by atoms with van der Waals surface area (Å²) in [7, 11) is -1.82. The molecule has 2 N–H and O–H groups in total. The van der Waals surface area contributed by atoms with Crippen molar-refractivity contribution in [3.63, 3.8) is 0 Å². The summed E-state index contributed by atoms with van der Waals surface area (Å²) in [6.45, 7) is 4.34.